The lowest BCUT2D eigenvalue weighted by Crippen LogP contribution is -2.38. The Morgan fingerprint density at radius 2 is 1.83 bits per heavy atom. The summed E-state index contributed by atoms with van der Waals surface area (Å²) in [4.78, 5) is 26.4. The van der Waals surface area contributed by atoms with Gasteiger partial charge in [0.25, 0.3) is 0 Å². The third-order valence-electron chi connectivity index (χ3n) is 4.42. The van der Waals surface area contributed by atoms with E-state index in [1.807, 2.05) is 11.0 Å². The first kappa shape index (κ1) is 16.4. The highest BCUT2D eigenvalue weighted by molar-refractivity contribution is 5.99. The number of likely N-dealkylation sites (tertiary alicyclic amines) is 1. The summed E-state index contributed by atoms with van der Waals surface area (Å²) in [5, 5.41) is 0.701. The second-order valence-corrected chi connectivity index (χ2v) is 6.06. The van der Waals surface area contributed by atoms with E-state index in [0.717, 1.165) is 37.9 Å². The van der Waals surface area contributed by atoms with Crippen LogP contribution in [0.5, 0.6) is 11.5 Å². The number of hydrogen-bond donors (Lipinski definition) is 0. The predicted molar refractivity (Wildman–Crippen MR) is 90.8 cm³/mol. The van der Waals surface area contributed by atoms with Gasteiger partial charge >= 0.3 is 12.0 Å². The number of carbonyl (C=O) groups is 2. The van der Waals surface area contributed by atoms with Crippen molar-refractivity contribution in [1.29, 1.82) is 0 Å². The summed E-state index contributed by atoms with van der Waals surface area (Å²) in [6.45, 7) is 4.68. The Balaban J connectivity index is 2.14. The van der Waals surface area contributed by atoms with Crippen molar-refractivity contribution in [1.82, 2.24) is 9.47 Å². The molecule has 6 heteroatoms. The van der Waals surface area contributed by atoms with Crippen LogP contribution in [0, 0.1) is 6.92 Å². The average Bonchev–Trinajstić information content (AvgIpc) is 2.86. The van der Waals surface area contributed by atoms with E-state index in [9.17, 15) is 9.59 Å². The molecule has 2 heterocycles. The van der Waals surface area contributed by atoms with Gasteiger partial charge in [-0.2, -0.15) is 0 Å². The van der Waals surface area contributed by atoms with Crippen LogP contribution in [-0.4, -0.2) is 41.7 Å². The number of piperidine rings is 1. The fourth-order valence-corrected chi connectivity index (χ4v) is 3.24. The Hall–Kier alpha value is -2.50. The van der Waals surface area contributed by atoms with Crippen molar-refractivity contribution < 1.29 is 19.1 Å². The smallest absolute Gasteiger partial charge is 0.328 e. The molecular formula is C18H22N2O4. The van der Waals surface area contributed by atoms with E-state index in [4.69, 9.17) is 9.47 Å². The van der Waals surface area contributed by atoms with Crippen LogP contribution < -0.4 is 9.47 Å². The highest BCUT2D eigenvalue weighted by atomic mass is 16.5. The number of hydrogen-bond acceptors (Lipinski definition) is 4. The number of benzene rings is 1. The summed E-state index contributed by atoms with van der Waals surface area (Å²) in [7, 11) is 1.58. The zero-order chi connectivity index (χ0) is 17.3. The van der Waals surface area contributed by atoms with E-state index in [2.05, 4.69) is 0 Å². The number of nitrogens with zero attached hydrogens (tertiary/aromatic N) is 2. The van der Waals surface area contributed by atoms with Gasteiger partial charge in [-0.25, -0.2) is 4.79 Å². The molecule has 24 heavy (non-hydrogen) atoms. The van der Waals surface area contributed by atoms with Crippen LogP contribution in [0.2, 0.25) is 0 Å². The Labute approximate surface area is 140 Å². The van der Waals surface area contributed by atoms with Crippen molar-refractivity contribution in [3.63, 3.8) is 0 Å². The lowest BCUT2D eigenvalue weighted by Gasteiger charge is -2.27. The molecule has 6 nitrogen and oxygen atoms in total. The van der Waals surface area contributed by atoms with Gasteiger partial charge in [-0.15, -0.1) is 0 Å². The van der Waals surface area contributed by atoms with Gasteiger partial charge in [0, 0.05) is 25.4 Å². The zero-order valence-corrected chi connectivity index (χ0v) is 14.3. The van der Waals surface area contributed by atoms with Crippen molar-refractivity contribution in [3.05, 3.63) is 23.9 Å². The van der Waals surface area contributed by atoms with Gasteiger partial charge in [-0.1, -0.05) is 0 Å². The van der Waals surface area contributed by atoms with Crippen molar-refractivity contribution in [2.45, 2.75) is 33.1 Å². The average molecular weight is 330 g/mol. The van der Waals surface area contributed by atoms with E-state index in [1.54, 1.807) is 30.7 Å². The van der Waals surface area contributed by atoms with E-state index in [-0.39, 0.29) is 6.03 Å². The number of aromatic nitrogens is 1. The van der Waals surface area contributed by atoms with Crippen LogP contribution >= 0.6 is 0 Å². The molecule has 1 fully saturated rings. The van der Waals surface area contributed by atoms with Crippen LogP contribution in [0.1, 0.15) is 31.9 Å². The fraction of sp³-hybridized carbons (Fsp3) is 0.444. The van der Waals surface area contributed by atoms with Crippen molar-refractivity contribution in [2.24, 2.45) is 0 Å². The summed E-state index contributed by atoms with van der Waals surface area (Å²) >= 11 is 0. The SMILES string of the molecule is COc1ccc2c(c1)c(OC(C)=O)c(C)n2C(=O)N1CCCCC1. The second-order valence-electron chi connectivity index (χ2n) is 6.06. The number of methoxy groups -OCH3 is 1. The maximum absolute atomic E-state index is 13.0. The maximum atomic E-state index is 13.0. The van der Waals surface area contributed by atoms with Gasteiger partial charge in [0.05, 0.1) is 18.3 Å². The number of carbonyl (C=O) groups excluding carboxylic acids is 2. The molecule has 0 atom stereocenters. The molecule has 0 spiro atoms. The van der Waals surface area contributed by atoms with E-state index in [1.165, 1.54) is 6.92 Å². The number of fused-ring (bicyclic) bond motifs is 1. The molecule has 0 radical (unpaired) electrons. The highest BCUT2D eigenvalue weighted by Gasteiger charge is 2.25. The molecule has 1 aliphatic heterocycles. The first-order chi connectivity index (χ1) is 11.5. The van der Waals surface area contributed by atoms with Crippen molar-refractivity contribution >= 4 is 22.9 Å². The predicted octanol–water partition coefficient (Wildman–Crippen LogP) is 3.34. The Kier molecular flexibility index (Phi) is 4.46. The second kappa shape index (κ2) is 6.55. The normalized spacial score (nSPS) is 14.7. The zero-order valence-electron chi connectivity index (χ0n) is 14.3. The summed E-state index contributed by atoms with van der Waals surface area (Å²) in [5.74, 6) is 0.658. The van der Waals surface area contributed by atoms with Gasteiger partial charge in [0.1, 0.15) is 5.75 Å². The standard InChI is InChI=1S/C18H22N2O4/c1-12-17(24-13(2)21)15-11-14(23-3)7-8-16(15)20(12)18(22)19-9-5-4-6-10-19/h7-8,11H,4-6,9-10H2,1-3H3. The van der Waals surface area contributed by atoms with E-state index >= 15 is 0 Å². The van der Waals surface area contributed by atoms with Gasteiger partial charge in [0.2, 0.25) is 0 Å². The van der Waals surface area contributed by atoms with Crippen molar-refractivity contribution in [3.8, 4) is 11.5 Å². The van der Waals surface area contributed by atoms with Crippen LogP contribution in [0.3, 0.4) is 0 Å². The third-order valence-corrected chi connectivity index (χ3v) is 4.42. The Morgan fingerprint density at radius 3 is 2.46 bits per heavy atom. The summed E-state index contributed by atoms with van der Waals surface area (Å²) in [6.07, 6.45) is 3.20. The van der Waals surface area contributed by atoms with E-state index < -0.39 is 5.97 Å². The number of amides is 1. The Morgan fingerprint density at radius 1 is 1.12 bits per heavy atom. The molecule has 1 aliphatic rings. The van der Waals surface area contributed by atoms with Gasteiger partial charge in [0.15, 0.2) is 5.75 Å². The summed E-state index contributed by atoms with van der Waals surface area (Å²) in [5.41, 5.74) is 1.35. The topological polar surface area (TPSA) is 60.8 Å². The molecule has 1 saturated heterocycles. The minimum atomic E-state index is -0.412. The first-order valence-electron chi connectivity index (χ1n) is 8.19. The molecule has 1 aromatic carbocycles. The maximum Gasteiger partial charge on any atom is 0.328 e. The number of esters is 1. The molecule has 3 rings (SSSR count). The molecule has 1 amide bonds. The number of ether oxygens (including phenoxy) is 2. The molecule has 128 valence electrons. The third kappa shape index (κ3) is 2.84. The van der Waals surface area contributed by atoms with Crippen molar-refractivity contribution in [2.75, 3.05) is 20.2 Å². The van der Waals surface area contributed by atoms with Crippen LogP contribution in [-0.2, 0) is 4.79 Å². The molecule has 1 aromatic heterocycles. The molecule has 2 aromatic rings. The summed E-state index contributed by atoms with van der Waals surface area (Å²) in [6, 6.07) is 5.36. The van der Waals surface area contributed by atoms with E-state index in [0.29, 0.717) is 22.6 Å². The summed E-state index contributed by atoms with van der Waals surface area (Å²) < 4.78 is 12.3. The monoisotopic (exact) mass is 330 g/mol. The number of rotatable bonds is 2. The minimum Gasteiger partial charge on any atom is -0.497 e. The fourth-order valence-electron chi connectivity index (χ4n) is 3.24. The van der Waals surface area contributed by atoms with Crippen LogP contribution in [0.25, 0.3) is 10.9 Å². The quantitative estimate of drug-likeness (QED) is 0.792. The van der Waals surface area contributed by atoms with Crippen LogP contribution in [0.15, 0.2) is 18.2 Å². The highest BCUT2D eigenvalue weighted by Crippen LogP contribution is 2.36. The van der Waals surface area contributed by atoms with Crippen LogP contribution in [0.4, 0.5) is 4.79 Å². The lowest BCUT2D eigenvalue weighted by atomic mass is 10.1. The largest absolute Gasteiger partial charge is 0.497 e. The minimum absolute atomic E-state index is 0.0687. The molecule has 0 unspecified atom stereocenters. The first-order valence-corrected chi connectivity index (χ1v) is 8.19. The molecule has 0 N–H and O–H groups in total. The molecule has 0 bridgehead atoms. The molecular weight excluding hydrogens is 308 g/mol. The lowest BCUT2D eigenvalue weighted by molar-refractivity contribution is -0.131. The Bertz CT molecular complexity index is 788. The molecule has 0 saturated carbocycles. The van der Waals surface area contributed by atoms with Gasteiger partial charge < -0.3 is 14.4 Å². The van der Waals surface area contributed by atoms with Gasteiger partial charge in [-0.3, -0.25) is 9.36 Å². The van der Waals surface area contributed by atoms with Gasteiger partial charge in [-0.05, 0) is 44.4 Å². The molecule has 0 aliphatic carbocycles.